The molecular formula is C15H21NO. The Morgan fingerprint density at radius 2 is 2.00 bits per heavy atom. The highest BCUT2D eigenvalue weighted by molar-refractivity contribution is 5.84. The fourth-order valence-electron chi connectivity index (χ4n) is 2.56. The molecule has 92 valence electrons. The largest absolute Gasteiger partial charge is 0.371 e. The van der Waals surface area contributed by atoms with Crippen LogP contribution in [0.3, 0.4) is 0 Å². The van der Waals surface area contributed by atoms with Crippen molar-refractivity contribution in [3.63, 3.8) is 0 Å². The summed E-state index contributed by atoms with van der Waals surface area (Å²) in [7, 11) is 0. The smallest absolute Gasteiger partial charge is 0.152 e. The molecule has 1 atom stereocenters. The van der Waals surface area contributed by atoms with Crippen LogP contribution in [0.25, 0.3) is 0 Å². The molecular weight excluding hydrogens is 210 g/mol. The Morgan fingerprint density at radius 1 is 1.29 bits per heavy atom. The number of benzene rings is 1. The van der Waals surface area contributed by atoms with E-state index in [1.54, 1.807) is 0 Å². The molecule has 2 nitrogen and oxygen atoms in total. The average molecular weight is 231 g/mol. The van der Waals surface area contributed by atoms with E-state index in [1.165, 1.54) is 6.42 Å². The summed E-state index contributed by atoms with van der Waals surface area (Å²) in [6.07, 6.45) is 2.18. The van der Waals surface area contributed by atoms with Crippen LogP contribution in [-0.4, -0.2) is 19.4 Å². The number of carbonyl (C=O) groups is 1. The molecule has 2 rings (SSSR count). The van der Waals surface area contributed by atoms with Gasteiger partial charge < -0.3 is 4.90 Å². The van der Waals surface area contributed by atoms with Gasteiger partial charge in [0.1, 0.15) is 0 Å². The minimum absolute atomic E-state index is 0.352. The molecule has 0 radical (unpaired) electrons. The van der Waals surface area contributed by atoms with Crippen molar-refractivity contribution in [1.29, 1.82) is 0 Å². The third-order valence-corrected chi connectivity index (χ3v) is 3.82. The van der Waals surface area contributed by atoms with E-state index in [4.69, 9.17) is 0 Å². The Labute approximate surface area is 104 Å². The van der Waals surface area contributed by atoms with E-state index < -0.39 is 0 Å². The summed E-state index contributed by atoms with van der Waals surface area (Å²) in [5.41, 5.74) is 2.25. The van der Waals surface area contributed by atoms with Crippen molar-refractivity contribution in [3.8, 4) is 0 Å². The van der Waals surface area contributed by atoms with Gasteiger partial charge in [-0.3, -0.25) is 4.79 Å². The first-order chi connectivity index (χ1) is 8.02. The van der Waals surface area contributed by atoms with Gasteiger partial charge in [0.2, 0.25) is 0 Å². The zero-order valence-corrected chi connectivity index (χ0v) is 10.9. The van der Waals surface area contributed by atoms with Crippen molar-refractivity contribution in [1.82, 2.24) is 0 Å². The van der Waals surface area contributed by atoms with Crippen molar-refractivity contribution in [3.05, 3.63) is 29.8 Å². The van der Waals surface area contributed by atoms with E-state index in [0.717, 1.165) is 30.6 Å². The lowest BCUT2D eigenvalue weighted by atomic mass is 9.80. The first-order valence-electron chi connectivity index (χ1n) is 6.31. The minimum Gasteiger partial charge on any atom is -0.371 e. The van der Waals surface area contributed by atoms with Crippen molar-refractivity contribution < 1.29 is 4.79 Å². The minimum atomic E-state index is 0.352. The second kappa shape index (κ2) is 4.52. The zero-order chi connectivity index (χ0) is 12.5. The fourth-order valence-corrected chi connectivity index (χ4v) is 2.56. The van der Waals surface area contributed by atoms with Crippen LogP contribution < -0.4 is 4.90 Å². The number of rotatable bonds is 2. The van der Waals surface area contributed by atoms with Crippen molar-refractivity contribution in [2.45, 2.75) is 27.2 Å². The molecule has 0 aromatic heterocycles. The highest BCUT2D eigenvalue weighted by Gasteiger charge is 2.32. The number of anilines is 1. The maximum Gasteiger partial charge on any atom is 0.152 e. The Kier molecular flexibility index (Phi) is 3.23. The normalized spacial score (nSPS) is 20.6. The van der Waals surface area contributed by atoms with Gasteiger partial charge in [-0.2, -0.15) is 0 Å². The summed E-state index contributed by atoms with van der Waals surface area (Å²) in [6.45, 7) is 9.02. The fraction of sp³-hybridized carbons (Fsp3) is 0.533. The van der Waals surface area contributed by atoms with Gasteiger partial charge in [0.25, 0.3) is 0 Å². The first-order valence-corrected chi connectivity index (χ1v) is 6.31. The van der Waals surface area contributed by atoms with E-state index in [-0.39, 0.29) is 0 Å². The second-order valence-corrected chi connectivity index (χ2v) is 5.97. The quantitative estimate of drug-likeness (QED) is 0.727. The third kappa shape index (κ3) is 2.51. The molecule has 0 spiro atoms. The Hall–Kier alpha value is -1.31. The van der Waals surface area contributed by atoms with Crippen LogP contribution in [-0.2, 0) is 0 Å². The lowest BCUT2D eigenvalue weighted by Crippen LogP contribution is -2.26. The summed E-state index contributed by atoms with van der Waals surface area (Å²) in [6, 6.07) is 7.87. The van der Waals surface area contributed by atoms with Crippen LogP contribution >= 0.6 is 0 Å². The van der Waals surface area contributed by atoms with Gasteiger partial charge in [-0.25, -0.2) is 0 Å². The summed E-state index contributed by atoms with van der Waals surface area (Å²) in [5.74, 6) is 0.710. The SMILES string of the molecule is CC(C)(C)C1CCN(c2ccccc2C=O)C1. The molecule has 2 heteroatoms. The molecule has 0 aliphatic carbocycles. The number of para-hydroxylation sites is 1. The van der Waals surface area contributed by atoms with Crippen molar-refractivity contribution in [2.75, 3.05) is 18.0 Å². The van der Waals surface area contributed by atoms with Crippen molar-refractivity contribution >= 4 is 12.0 Å². The molecule has 1 aromatic carbocycles. The molecule has 1 unspecified atom stereocenters. The van der Waals surface area contributed by atoms with Crippen LogP contribution in [0.5, 0.6) is 0 Å². The predicted molar refractivity (Wildman–Crippen MR) is 71.6 cm³/mol. The monoisotopic (exact) mass is 231 g/mol. The van der Waals surface area contributed by atoms with Gasteiger partial charge >= 0.3 is 0 Å². The number of aldehydes is 1. The number of hydrogen-bond donors (Lipinski definition) is 0. The van der Waals surface area contributed by atoms with Crippen LogP contribution in [0.15, 0.2) is 24.3 Å². The van der Waals surface area contributed by atoms with Gasteiger partial charge in [-0.1, -0.05) is 32.9 Å². The van der Waals surface area contributed by atoms with Gasteiger partial charge in [0, 0.05) is 24.3 Å². The number of carbonyl (C=O) groups excluding carboxylic acids is 1. The molecule has 0 amide bonds. The van der Waals surface area contributed by atoms with E-state index in [9.17, 15) is 4.79 Å². The molecule has 1 saturated heterocycles. The van der Waals surface area contributed by atoms with Gasteiger partial charge in [-0.05, 0) is 29.9 Å². The lowest BCUT2D eigenvalue weighted by Gasteiger charge is -2.27. The maximum absolute atomic E-state index is 11.0. The molecule has 1 fully saturated rings. The highest BCUT2D eigenvalue weighted by atomic mass is 16.1. The Morgan fingerprint density at radius 3 is 2.59 bits per heavy atom. The maximum atomic E-state index is 11.0. The van der Waals surface area contributed by atoms with Crippen molar-refractivity contribution in [2.24, 2.45) is 11.3 Å². The number of nitrogens with zero attached hydrogens (tertiary/aromatic N) is 1. The summed E-state index contributed by atoms with van der Waals surface area (Å²) in [5, 5.41) is 0. The van der Waals surface area contributed by atoms with Crippen LogP contribution in [0, 0.1) is 11.3 Å². The summed E-state index contributed by atoms with van der Waals surface area (Å²) >= 11 is 0. The van der Waals surface area contributed by atoms with Gasteiger partial charge in [0.15, 0.2) is 6.29 Å². The molecule has 0 saturated carbocycles. The van der Waals surface area contributed by atoms with E-state index in [0.29, 0.717) is 11.3 Å². The highest BCUT2D eigenvalue weighted by Crippen LogP contribution is 2.36. The molecule has 17 heavy (non-hydrogen) atoms. The van der Waals surface area contributed by atoms with Gasteiger partial charge in [-0.15, -0.1) is 0 Å². The number of hydrogen-bond acceptors (Lipinski definition) is 2. The van der Waals surface area contributed by atoms with Crippen LogP contribution in [0.2, 0.25) is 0 Å². The first kappa shape index (κ1) is 12.2. The molecule has 0 N–H and O–H groups in total. The van der Waals surface area contributed by atoms with E-state index >= 15 is 0 Å². The predicted octanol–water partition coefficient (Wildman–Crippen LogP) is 3.37. The summed E-state index contributed by atoms with van der Waals surface area (Å²) < 4.78 is 0. The van der Waals surface area contributed by atoms with Gasteiger partial charge in [0.05, 0.1) is 0 Å². The second-order valence-electron chi connectivity index (χ2n) is 5.97. The molecule has 1 heterocycles. The Bertz CT molecular complexity index is 406. The molecule has 0 bridgehead atoms. The molecule has 1 aliphatic heterocycles. The average Bonchev–Trinajstić information content (AvgIpc) is 2.77. The zero-order valence-electron chi connectivity index (χ0n) is 10.9. The Balaban J connectivity index is 2.18. The summed E-state index contributed by atoms with van der Waals surface area (Å²) in [4.78, 5) is 13.4. The molecule has 1 aliphatic rings. The third-order valence-electron chi connectivity index (χ3n) is 3.82. The van der Waals surface area contributed by atoms with E-state index in [2.05, 4.69) is 31.7 Å². The van der Waals surface area contributed by atoms with Crippen LogP contribution in [0.1, 0.15) is 37.6 Å². The standard InChI is InChI=1S/C15H21NO/c1-15(2,3)13-8-9-16(10-13)14-7-5-4-6-12(14)11-17/h4-7,11,13H,8-10H2,1-3H3. The van der Waals surface area contributed by atoms with E-state index in [1.807, 2.05) is 18.2 Å². The topological polar surface area (TPSA) is 20.3 Å². The lowest BCUT2D eigenvalue weighted by molar-refractivity contribution is 0.112. The van der Waals surface area contributed by atoms with Crippen LogP contribution in [0.4, 0.5) is 5.69 Å². The molecule has 1 aromatic rings.